The lowest BCUT2D eigenvalue weighted by molar-refractivity contribution is -0.130. The standard InChI is InChI=1S/C12H23N5O.ClH/c1-10(2)11(13)4-7-16(3)12(18)5-8-17-9-6-14-15-17;/h6,9-11H,4-5,7-8,13H2,1-3H3;1H. The SMILES string of the molecule is CC(C)C(N)CCN(C)C(=O)CCn1ccnn1.Cl. The maximum Gasteiger partial charge on any atom is 0.224 e. The van der Waals surface area contributed by atoms with Crippen molar-refractivity contribution in [3.8, 4) is 0 Å². The Morgan fingerprint density at radius 1 is 1.47 bits per heavy atom. The summed E-state index contributed by atoms with van der Waals surface area (Å²) in [6.07, 6.45) is 4.64. The second kappa shape index (κ2) is 8.87. The van der Waals surface area contributed by atoms with E-state index in [-0.39, 0.29) is 24.4 Å². The number of carbonyl (C=O) groups is 1. The van der Waals surface area contributed by atoms with Gasteiger partial charge < -0.3 is 10.6 Å². The summed E-state index contributed by atoms with van der Waals surface area (Å²) < 4.78 is 1.66. The van der Waals surface area contributed by atoms with Gasteiger partial charge in [-0.1, -0.05) is 19.1 Å². The van der Waals surface area contributed by atoms with Crippen LogP contribution in [0.5, 0.6) is 0 Å². The predicted molar refractivity (Wildman–Crippen MR) is 77.0 cm³/mol. The number of hydrogen-bond acceptors (Lipinski definition) is 4. The molecule has 0 fully saturated rings. The van der Waals surface area contributed by atoms with Crippen LogP contribution in [0.4, 0.5) is 0 Å². The Labute approximate surface area is 120 Å². The minimum absolute atomic E-state index is 0. The lowest BCUT2D eigenvalue weighted by Crippen LogP contribution is -2.35. The first-order chi connectivity index (χ1) is 8.50. The molecule has 1 atom stereocenters. The number of aryl methyl sites for hydroxylation is 1. The Bertz CT molecular complexity index is 355. The molecule has 0 saturated carbocycles. The fraction of sp³-hybridized carbons (Fsp3) is 0.750. The van der Waals surface area contributed by atoms with Gasteiger partial charge in [-0.25, -0.2) is 0 Å². The van der Waals surface area contributed by atoms with Crippen LogP contribution in [0.3, 0.4) is 0 Å². The van der Waals surface area contributed by atoms with E-state index in [9.17, 15) is 4.79 Å². The van der Waals surface area contributed by atoms with Gasteiger partial charge in [0.2, 0.25) is 5.91 Å². The first kappa shape index (κ1) is 17.9. The van der Waals surface area contributed by atoms with E-state index in [0.29, 0.717) is 25.4 Å². The van der Waals surface area contributed by atoms with Gasteiger partial charge in [0.05, 0.1) is 12.7 Å². The molecule has 0 saturated heterocycles. The normalized spacial score (nSPS) is 12.1. The van der Waals surface area contributed by atoms with E-state index in [4.69, 9.17) is 5.73 Å². The summed E-state index contributed by atoms with van der Waals surface area (Å²) in [6, 6.07) is 0.149. The summed E-state index contributed by atoms with van der Waals surface area (Å²) >= 11 is 0. The monoisotopic (exact) mass is 289 g/mol. The molecule has 0 bridgehead atoms. The number of hydrogen-bond donors (Lipinski definition) is 1. The van der Waals surface area contributed by atoms with Gasteiger partial charge in [0.15, 0.2) is 0 Å². The third-order valence-electron chi connectivity index (χ3n) is 3.11. The van der Waals surface area contributed by atoms with Crippen LogP contribution in [0.15, 0.2) is 12.4 Å². The fourth-order valence-electron chi connectivity index (χ4n) is 1.55. The highest BCUT2D eigenvalue weighted by atomic mass is 35.5. The summed E-state index contributed by atoms with van der Waals surface area (Å²) in [4.78, 5) is 13.6. The topological polar surface area (TPSA) is 77.0 Å². The summed E-state index contributed by atoms with van der Waals surface area (Å²) in [5.74, 6) is 0.560. The van der Waals surface area contributed by atoms with E-state index < -0.39 is 0 Å². The van der Waals surface area contributed by atoms with Crippen LogP contribution >= 0.6 is 12.4 Å². The molecule has 2 N–H and O–H groups in total. The molecule has 1 aromatic rings. The molecule has 0 aliphatic rings. The highest BCUT2D eigenvalue weighted by Gasteiger charge is 2.12. The van der Waals surface area contributed by atoms with Crippen LogP contribution in [0.25, 0.3) is 0 Å². The molecule has 1 aromatic heterocycles. The van der Waals surface area contributed by atoms with Crippen molar-refractivity contribution in [1.82, 2.24) is 19.9 Å². The van der Waals surface area contributed by atoms with Crippen molar-refractivity contribution in [2.45, 2.75) is 39.3 Å². The van der Waals surface area contributed by atoms with Gasteiger partial charge in [0.25, 0.3) is 0 Å². The number of halogens is 1. The van der Waals surface area contributed by atoms with Crippen molar-refractivity contribution < 1.29 is 4.79 Å². The van der Waals surface area contributed by atoms with Crippen LogP contribution in [0, 0.1) is 5.92 Å². The first-order valence-corrected chi connectivity index (χ1v) is 6.34. The Hall–Kier alpha value is -1.14. The molecular formula is C12H24ClN5O. The van der Waals surface area contributed by atoms with Crippen molar-refractivity contribution in [1.29, 1.82) is 0 Å². The molecule has 0 aliphatic carbocycles. The van der Waals surface area contributed by atoms with E-state index in [1.165, 1.54) is 0 Å². The van der Waals surface area contributed by atoms with Gasteiger partial charge in [0.1, 0.15) is 0 Å². The molecule has 6 nitrogen and oxygen atoms in total. The van der Waals surface area contributed by atoms with Gasteiger partial charge in [-0.05, 0) is 12.3 Å². The Kier molecular flexibility index (Phi) is 8.34. The maximum atomic E-state index is 11.8. The number of rotatable bonds is 7. The lowest BCUT2D eigenvalue weighted by atomic mass is 10.0. The number of nitrogens with two attached hydrogens (primary N) is 1. The quantitative estimate of drug-likeness (QED) is 0.810. The molecular weight excluding hydrogens is 266 g/mol. The summed E-state index contributed by atoms with van der Waals surface area (Å²) in [7, 11) is 1.82. The number of amides is 1. The minimum atomic E-state index is 0. The summed E-state index contributed by atoms with van der Waals surface area (Å²) in [5, 5.41) is 7.52. The molecule has 1 unspecified atom stereocenters. The molecule has 1 amide bonds. The molecule has 1 rings (SSSR count). The van der Waals surface area contributed by atoms with E-state index in [2.05, 4.69) is 24.2 Å². The molecule has 0 aromatic carbocycles. The Balaban J connectivity index is 0.00000324. The lowest BCUT2D eigenvalue weighted by Gasteiger charge is -2.21. The molecule has 0 radical (unpaired) electrons. The van der Waals surface area contributed by atoms with Crippen LogP contribution in [-0.2, 0) is 11.3 Å². The van der Waals surface area contributed by atoms with Gasteiger partial charge in [0, 0.05) is 32.3 Å². The third kappa shape index (κ3) is 6.54. The van der Waals surface area contributed by atoms with E-state index in [1.807, 2.05) is 7.05 Å². The molecule has 7 heteroatoms. The first-order valence-electron chi connectivity index (χ1n) is 6.34. The van der Waals surface area contributed by atoms with Gasteiger partial charge >= 0.3 is 0 Å². The average molecular weight is 290 g/mol. The van der Waals surface area contributed by atoms with Crippen molar-refractivity contribution in [3.63, 3.8) is 0 Å². The zero-order valence-corrected chi connectivity index (χ0v) is 12.6. The van der Waals surface area contributed by atoms with E-state index in [1.54, 1.807) is 22.0 Å². The second-order valence-electron chi connectivity index (χ2n) is 4.93. The zero-order valence-electron chi connectivity index (χ0n) is 11.8. The fourth-order valence-corrected chi connectivity index (χ4v) is 1.55. The highest BCUT2D eigenvalue weighted by Crippen LogP contribution is 2.04. The molecule has 110 valence electrons. The number of carbonyl (C=O) groups excluding carboxylic acids is 1. The smallest absolute Gasteiger partial charge is 0.224 e. The molecule has 0 spiro atoms. The summed E-state index contributed by atoms with van der Waals surface area (Å²) in [6.45, 7) is 5.46. The second-order valence-corrected chi connectivity index (χ2v) is 4.93. The van der Waals surface area contributed by atoms with Crippen molar-refractivity contribution in [2.75, 3.05) is 13.6 Å². The van der Waals surface area contributed by atoms with Gasteiger partial charge in [-0.15, -0.1) is 17.5 Å². The van der Waals surface area contributed by atoms with Gasteiger partial charge in [-0.2, -0.15) is 0 Å². The van der Waals surface area contributed by atoms with Crippen LogP contribution < -0.4 is 5.73 Å². The van der Waals surface area contributed by atoms with Crippen molar-refractivity contribution in [2.24, 2.45) is 11.7 Å². The van der Waals surface area contributed by atoms with Crippen LogP contribution in [-0.4, -0.2) is 45.4 Å². The number of aromatic nitrogens is 3. The van der Waals surface area contributed by atoms with Crippen molar-refractivity contribution >= 4 is 18.3 Å². The largest absolute Gasteiger partial charge is 0.346 e. The highest BCUT2D eigenvalue weighted by molar-refractivity contribution is 5.85. The van der Waals surface area contributed by atoms with E-state index in [0.717, 1.165) is 6.42 Å². The van der Waals surface area contributed by atoms with E-state index >= 15 is 0 Å². The molecule has 1 heterocycles. The minimum Gasteiger partial charge on any atom is -0.346 e. The zero-order chi connectivity index (χ0) is 13.5. The third-order valence-corrected chi connectivity index (χ3v) is 3.11. The van der Waals surface area contributed by atoms with Gasteiger partial charge in [-0.3, -0.25) is 9.48 Å². The Morgan fingerprint density at radius 3 is 2.68 bits per heavy atom. The van der Waals surface area contributed by atoms with Crippen LogP contribution in [0.1, 0.15) is 26.7 Å². The Morgan fingerprint density at radius 2 is 2.16 bits per heavy atom. The average Bonchev–Trinajstić information content (AvgIpc) is 2.85. The molecule has 0 aliphatic heterocycles. The number of nitrogens with zero attached hydrogens (tertiary/aromatic N) is 4. The van der Waals surface area contributed by atoms with Crippen LogP contribution in [0.2, 0.25) is 0 Å². The maximum absolute atomic E-state index is 11.8. The predicted octanol–water partition coefficient (Wildman–Crippen LogP) is 0.922. The molecule has 19 heavy (non-hydrogen) atoms. The van der Waals surface area contributed by atoms with Crippen molar-refractivity contribution in [3.05, 3.63) is 12.4 Å². The summed E-state index contributed by atoms with van der Waals surface area (Å²) in [5.41, 5.74) is 5.96.